The number of ether oxygens (including phenoxy) is 1. The van der Waals surface area contributed by atoms with Gasteiger partial charge in [0.25, 0.3) is 0 Å². The largest absolute Gasteiger partial charge is 0.442 e. The number of piperidine rings is 1. The number of hydrogen-bond donors (Lipinski definition) is 1. The number of nitrogens with one attached hydrogen (secondary N) is 1. The van der Waals surface area contributed by atoms with Gasteiger partial charge in [-0.15, -0.1) is 0 Å². The van der Waals surface area contributed by atoms with Crippen molar-refractivity contribution in [2.75, 3.05) is 26.2 Å². The number of hydrogen-bond acceptors (Lipinski definition) is 4. The Balaban J connectivity index is 1.36. The van der Waals surface area contributed by atoms with E-state index in [-0.39, 0.29) is 30.1 Å². The fourth-order valence-corrected chi connectivity index (χ4v) is 4.01. The Kier molecular flexibility index (Phi) is 3.95. The zero-order valence-corrected chi connectivity index (χ0v) is 13.1. The van der Waals surface area contributed by atoms with E-state index in [1.165, 1.54) is 6.07 Å². The van der Waals surface area contributed by atoms with E-state index in [0.717, 1.165) is 44.6 Å². The second-order valence-corrected chi connectivity index (χ2v) is 6.65. The molecule has 0 radical (unpaired) electrons. The molecule has 3 aliphatic rings. The van der Waals surface area contributed by atoms with Gasteiger partial charge in [-0.1, -0.05) is 18.2 Å². The quantitative estimate of drug-likeness (QED) is 0.919. The van der Waals surface area contributed by atoms with Crippen LogP contribution in [0.25, 0.3) is 0 Å². The van der Waals surface area contributed by atoms with Crippen LogP contribution >= 0.6 is 0 Å². The maximum absolute atomic E-state index is 13.8. The number of carbonyl (C=O) groups excluding carboxylic acids is 1. The normalized spacial score (nSPS) is 28.9. The van der Waals surface area contributed by atoms with Crippen LogP contribution in [0.3, 0.4) is 0 Å². The number of amides is 1. The van der Waals surface area contributed by atoms with Crippen molar-refractivity contribution in [1.82, 2.24) is 15.1 Å². The summed E-state index contributed by atoms with van der Waals surface area (Å²) < 4.78 is 19.2. The average molecular weight is 319 g/mol. The fraction of sp³-hybridized carbons (Fsp3) is 0.588. The summed E-state index contributed by atoms with van der Waals surface area (Å²) in [7, 11) is 0. The SMILES string of the molecule is O=C1O[C@H]2CNC[C@H]2N1C1CCN(Cc2ccccc2F)CC1. The second kappa shape index (κ2) is 6.09. The monoisotopic (exact) mass is 319 g/mol. The molecule has 5 nitrogen and oxygen atoms in total. The minimum atomic E-state index is -0.158. The standard InChI is InChI=1S/C17H22FN3O2/c18-14-4-2-1-3-12(14)11-20-7-5-13(6-8-20)21-15-9-19-10-16(15)23-17(21)22/h1-4,13,15-16,19H,5-11H2/t15-,16+/m1/s1. The van der Waals surface area contributed by atoms with E-state index < -0.39 is 0 Å². The maximum atomic E-state index is 13.8. The lowest BCUT2D eigenvalue weighted by atomic mass is 10.0. The lowest BCUT2D eigenvalue weighted by molar-refractivity contribution is 0.102. The Morgan fingerprint density at radius 3 is 2.78 bits per heavy atom. The fourth-order valence-electron chi connectivity index (χ4n) is 4.01. The highest BCUT2D eigenvalue weighted by Crippen LogP contribution is 2.29. The highest BCUT2D eigenvalue weighted by molar-refractivity contribution is 5.71. The molecule has 0 bridgehead atoms. The zero-order chi connectivity index (χ0) is 15.8. The highest BCUT2D eigenvalue weighted by atomic mass is 19.1. The number of likely N-dealkylation sites (tertiary alicyclic amines) is 1. The molecule has 0 unspecified atom stereocenters. The number of fused-ring (bicyclic) bond motifs is 1. The van der Waals surface area contributed by atoms with E-state index in [2.05, 4.69) is 10.2 Å². The molecule has 23 heavy (non-hydrogen) atoms. The molecule has 3 heterocycles. The van der Waals surface area contributed by atoms with Crippen LogP contribution in [0.5, 0.6) is 0 Å². The maximum Gasteiger partial charge on any atom is 0.410 e. The predicted molar refractivity (Wildman–Crippen MR) is 83.5 cm³/mol. The van der Waals surface area contributed by atoms with Crippen molar-refractivity contribution in [3.05, 3.63) is 35.6 Å². The first-order valence-electron chi connectivity index (χ1n) is 8.38. The molecular formula is C17H22FN3O2. The van der Waals surface area contributed by atoms with Gasteiger partial charge in [-0.2, -0.15) is 0 Å². The zero-order valence-electron chi connectivity index (χ0n) is 13.1. The molecule has 6 heteroatoms. The molecule has 1 N–H and O–H groups in total. The Labute approximate surface area is 135 Å². The van der Waals surface area contributed by atoms with E-state index >= 15 is 0 Å². The molecule has 0 aliphatic carbocycles. The van der Waals surface area contributed by atoms with Crippen LogP contribution < -0.4 is 5.32 Å². The summed E-state index contributed by atoms with van der Waals surface area (Å²) in [6.07, 6.45) is 1.70. The van der Waals surface area contributed by atoms with Crippen molar-refractivity contribution >= 4 is 6.09 Å². The van der Waals surface area contributed by atoms with E-state index in [9.17, 15) is 9.18 Å². The van der Waals surface area contributed by atoms with Crippen molar-refractivity contribution in [2.24, 2.45) is 0 Å². The van der Waals surface area contributed by atoms with Gasteiger partial charge in [0.15, 0.2) is 0 Å². The van der Waals surface area contributed by atoms with Crippen LogP contribution in [-0.4, -0.2) is 60.3 Å². The summed E-state index contributed by atoms with van der Waals surface area (Å²) in [6.45, 7) is 3.99. The summed E-state index contributed by atoms with van der Waals surface area (Å²) in [5, 5.41) is 3.29. The van der Waals surface area contributed by atoms with Gasteiger partial charge in [-0.05, 0) is 18.9 Å². The van der Waals surface area contributed by atoms with Crippen molar-refractivity contribution in [1.29, 1.82) is 0 Å². The lowest BCUT2D eigenvalue weighted by Crippen LogP contribution is -2.49. The predicted octanol–water partition coefficient (Wildman–Crippen LogP) is 1.58. The summed E-state index contributed by atoms with van der Waals surface area (Å²) >= 11 is 0. The molecule has 124 valence electrons. The van der Waals surface area contributed by atoms with Gasteiger partial charge in [-0.25, -0.2) is 9.18 Å². The van der Waals surface area contributed by atoms with Crippen LogP contribution in [0.1, 0.15) is 18.4 Å². The molecule has 4 rings (SSSR count). The average Bonchev–Trinajstić information content (AvgIpc) is 3.11. The molecule has 3 fully saturated rings. The molecule has 2 atom stereocenters. The van der Waals surface area contributed by atoms with Crippen LogP contribution in [-0.2, 0) is 11.3 Å². The molecule has 3 aliphatic heterocycles. The molecule has 1 amide bonds. The Hall–Kier alpha value is -1.66. The first-order chi connectivity index (χ1) is 11.2. The number of nitrogens with zero attached hydrogens (tertiary/aromatic N) is 2. The van der Waals surface area contributed by atoms with Crippen LogP contribution in [0.4, 0.5) is 9.18 Å². The second-order valence-electron chi connectivity index (χ2n) is 6.65. The van der Waals surface area contributed by atoms with E-state index in [0.29, 0.717) is 6.54 Å². The number of benzene rings is 1. The van der Waals surface area contributed by atoms with Gasteiger partial charge in [0.2, 0.25) is 0 Å². The van der Waals surface area contributed by atoms with Gasteiger partial charge in [0, 0.05) is 44.3 Å². The Bertz CT molecular complexity index is 589. The Morgan fingerprint density at radius 2 is 2.00 bits per heavy atom. The molecule has 3 saturated heterocycles. The number of halogens is 1. The molecule has 0 aromatic heterocycles. The summed E-state index contributed by atoms with van der Waals surface area (Å²) in [4.78, 5) is 16.3. The van der Waals surface area contributed by atoms with Crippen molar-refractivity contribution in [2.45, 2.75) is 37.6 Å². The number of rotatable bonds is 3. The minimum absolute atomic E-state index is 0.0129. The third-order valence-corrected chi connectivity index (χ3v) is 5.25. The third-order valence-electron chi connectivity index (χ3n) is 5.25. The Morgan fingerprint density at radius 1 is 1.22 bits per heavy atom. The van der Waals surface area contributed by atoms with Crippen LogP contribution in [0.2, 0.25) is 0 Å². The molecular weight excluding hydrogens is 297 g/mol. The first-order valence-corrected chi connectivity index (χ1v) is 8.38. The molecule has 1 aromatic rings. The molecule has 0 saturated carbocycles. The topological polar surface area (TPSA) is 44.8 Å². The highest BCUT2D eigenvalue weighted by Gasteiger charge is 2.47. The smallest absolute Gasteiger partial charge is 0.410 e. The van der Waals surface area contributed by atoms with Crippen LogP contribution in [0.15, 0.2) is 24.3 Å². The molecule has 0 spiro atoms. The van der Waals surface area contributed by atoms with Crippen molar-refractivity contribution in [3.8, 4) is 0 Å². The van der Waals surface area contributed by atoms with Crippen molar-refractivity contribution < 1.29 is 13.9 Å². The van der Waals surface area contributed by atoms with Gasteiger partial charge >= 0.3 is 6.09 Å². The summed E-state index contributed by atoms with van der Waals surface area (Å²) in [5.74, 6) is -0.141. The van der Waals surface area contributed by atoms with Crippen molar-refractivity contribution in [3.63, 3.8) is 0 Å². The lowest BCUT2D eigenvalue weighted by Gasteiger charge is -2.37. The van der Waals surface area contributed by atoms with E-state index in [1.807, 2.05) is 17.0 Å². The third kappa shape index (κ3) is 2.81. The van der Waals surface area contributed by atoms with Gasteiger partial charge in [0.05, 0.1) is 6.04 Å². The first kappa shape index (κ1) is 14.9. The molecule has 1 aromatic carbocycles. The van der Waals surface area contributed by atoms with Crippen LogP contribution in [0, 0.1) is 5.82 Å². The van der Waals surface area contributed by atoms with Gasteiger partial charge in [-0.3, -0.25) is 9.80 Å². The minimum Gasteiger partial charge on any atom is -0.442 e. The van der Waals surface area contributed by atoms with Gasteiger partial charge < -0.3 is 10.1 Å². The summed E-state index contributed by atoms with van der Waals surface area (Å²) in [5.41, 5.74) is 0.742. The van der Waals surface area contributed by atoms with Gasteiger partial charge in [0.1, 0.15) is 11.9 Å². The van der Waals surface area contributed by atoms with E-state index in [4.69, 9.17) is 4.74 Å². The van der Waals surface area contributed by atoms with E-state index in [1.54, 1.807) is 6.07 Å². The summed E-state index contributed by atoms with van der Waals surface area (Å²) in [6, 6.07) is 7.37. The number of carbonyl (C=O) groups is 1.